The summed E-state index contributed by atoms with van der Waals surface area (Å²) in [4.78, 5) is 27.1. The molecule has 0 aliphatic carbocycles. The summed E-state index contributed by atoms with van der Waals surface area (Å²) in [6.07, 6.45) is 0. The second kappa shape index (κ2) is 9.90. The van der Waals surface area contributed by atoms with Crippen LogP contribution in [0.3, 0.4) is 0 Å². The summed E-state index contributed by atoms with van der Waals surface area (Å²) >= 11 is 0. The standard InChI is InChI=1S/C26H33N5O2/c1-7-30(25(33)27-20-10-8-9-19(3)15-20)17-24(32)28-23-16-22(26(4,5)6)29-31(23)21-13-11-18(2)12-14-21/h8-16H,7,17H2,1-6H3,(H,27,33)(H,28,32). The maximum absolute atomic E-state index is 12.9. The summed E-state index contributed by atoms with van der Waals surface area (Å²) in [5, 5.41) is 10.5. The average molecular weight is 448 g/mol. The van der Waals surface area contributed by atoms with Crippen molar-refractivity contribution >= 4 is 23.4 Å². The summed E-state index contributed by atoms with van der Waals surface area (Å²) < 4.78 is 1.74. The van der Waals surface area contributed by atoms with Crippen LogP contribution in [-0.4, -0.2) is 39.7 Å². The number of anilines is 2. The summed E-state index contributed by atoms with van der Waals surface area (Å²) in [5.41, 5.74) is 4.43. The molecule has 0 atom stereocenters. The molecule has 7 nitrogen and oxygen atoms in total. The molecule has 2 N–H and O–H groups in total. The fourth-order valence-electron chi connectivity index (χ4n) is 3.33. The lowest BCUT2D eigenvalue weighted by Crippen LogP contribution is -2.40. The van der Waals surface area contributed by atoms with Gasteiger partial charge in [0.15, 0.2) is 0 Å². The van der Waals surface area contributed by atoms with Crippen LogP contribution in [0.5, 0.6) is 0 Å². The zero-order valence-electron chi connectivity index (χ0n) is 20.3. The molecule has 0 radical (unpaired) electrons. The molecule has 0 aliphatic heterocycles. The van der Waals surface area contributed by atoms with E-state index in [4.69, 9.17) is 5.10 Å². The van der Waals surface area contributed by atoms with Crippen molar-refractivity contribution in [2.24, 2.45) is 0 Å². The molecule has 2 aromatic carbocycles. The second-order valence-electron chi connectivity index (χ2n) is 9.27. The van der Waals surface area contributed by atoms with E-state index < -0.39 is 0 Å². The van der Waals surface area contributed by atoms with Gasteiger partial charge in [-0.15, -0.1) is 0 Å². The summed E-state index contributed by atoms with van der Waals surface area (Å²) in [6, 6.07) is 17.1. The molecule has 0 aliphatic rings. The van der Waals surface area contributed by atoms with Gasteiger partial charge in [-0.2, -0.15) is 5.10 Å². The fourth-order valence-corrected chi connectivity index (χ4v) is 3.33. The molecular weight excluding hydrogens is 414 g/mol. The van der Waals surface area contributed by atoms with Gasteiger partial charge in [0, 0.05) is 23.7 Å². The highest BCUT2D eigenvalue weighted by Crippen LogP contribution is 2.26. The first-order valence-corrected chi connectivity index (χ1v) is 11.2. The number of rotatable bonds is 6. The number of benzene rings is 2. The fraction of sp³-hybridized carbons (Fsp3) is 0.346. The van der Waals surface area contributed by atoms with Crippen molar-refractivity contribution in [3.05, 3.63) is 71.4 Å². The summed E-state index contributed by atoms with van der Waals surface area (Å²) in [7, 11) is 0. The van der Waals surface area contributed by atoms with E-state index in [1.54, 1.807) is 4.68 Å². The van der Waals surface area contributed by atoms with E-state index in [9.17, 15) is 9.59 Å². The van der Waals surface area contributed by atoms with Crippen LogP contribution in [0.4, 0.5) is 16.3 Å². The average Bonchev–Trinajstić information content (AvgIpc) is 3.16. The third kappa shape index (κ3) is 6.22. The number of nitrogens with zero attached hydrogens (tertiary/aromatic N) is 3. The second-order valence-corrected chi connectivity index (χ2v) is 9.27. The van der Waals surface area contributed by atoms with E-state index in [1.807, 2.05) is 75.4 Å². The molecule has 1 aromatic heterocycles. The Morgan fingerprint density at radius 1 is 0.970 bits per heavy atom. The largest absolute Gasteiger partial charge is 0.322 e. The van der Waals surface area contributed by atoms with Crippen LogP contribution in [-0.2, 0) is 10.2 Å². The molecule has 0 spiro atoms. The Kier molecular flexibility index (Phi) is 7.21. The van der Waals surface area contributed by atoms with E-state index in [2.05, 4.69) is 31.4 Å². The number of carbonyl (C=O) groups excluding carboxylic acids is 2. The highest BCUT2D eigenvalue weighted by Gasteiger charge is 2.23. The zero-order valence-corrected chi connectivity index (χ0v) is 20.3. The molecule has 3 amide bonds. The van der Waals surface area contributed by atoms with Crippen LogP contribution < -0.4 is 10.6 Å². The van der Waals surface area contributed by atoms with Gasteiger partial charge in [-0.3, -0.25) is 4.79 Å². The van der Waals surface area contributed by atoms with Crippen LogP contribution in [0.1, 0.15) is 44.5 Å². The van der Waals surface area contributed by atoms with E-state index in [0.717, 1.165) is 22.5 Å². The monoisotopic (exact) mass is 447 g/mol. The maximum atomic E-state index is 12.9. The first kappa shape index (κ1) is 24.0. The van der Waals surface area contributed by atoms with Crippen molar-refractivity contribution in [1.29, 1.82) is 0 Å². The first-order valence-electron chi connectivity index (χ1n) is 11.2. The van der Waals surface area contributed by atoms with Crippen molar-refractivity contribution in [2.45, 2.75) is 47.0 Å². The number of aryl methyl sites for hydroxylation is 2. The smallest absolute Gasteiger partial charge is 0.315 e. The highest BCUT2D eigenvalue weighted by atomic mass is 16.2. The SMILES string of the molecule is CCN(CC(=O)Nc1cc(C(C)(C)C)nn1-c1ccc(C)cc1)C(=O)Nc1cccc(C)c1. The lowest BCUT2D eigenvalue weighted by atomic mass is 9.92. The first-order chi connectivity index (χ1) is 15.6. The number of urea groups is 1. The Bertz CT molecular complexity index is 1130. The molecule has 0 saturated carbocycles. The number of nitrogens with one attached hydrogen (secondary N) is 2. The molecule has 3 aromatic rings. The van der Waals surface area contributed by atoms with Crippen molar-refractivity contribution in [2.75, 3.05) is 23.7 Å². The highest BCUT2D eigenvalue weighted by molar-refractivity contribution is 5.96. The molecular formula is C26H33N5O2. The van der Waals surface area contributed by atoms with E-state index >= 15 is 0 Å². The summed E-state index contributed by atoms with van der Waals surface area (Å²) in [5.74, 6) is 0.286. The third-order valence-electron chi connectivity index (χ3n) is 5.30. The number of hydrogen-bond donors (Lipinski definition) is 2. The Labute approximate surface area is 195 Å². The van der Waals surface area contributed by atoms with Gasteiger partial charge >= 0.3 is 6.03 Å². The van der Waals surface area contributed by atoms with E-state index in [0.29, 0.717) is 18.1 Å². The van der Waals surface area contributed by atoms with Gasteiger partial charge in [-0.25, -0.2) is 9.48 Å². The van der Waals surface area contributed by atoms with E-state index in [-0.39, 0.29) is 23.9 Å². The van der Waals surface area contributed by atoms with Gasteiger partial charge in [0.05, 0.1) is 11.4 Å². The van der Waals surface area contributed by atoms with E-state index in [1.165, 1.54) is 4.90 Å². The molecule has 3 rings (SSSR count). The summed E-state index contributed by atoms with van der Waals surface area (Å²) in [6.45, 7) is 12.4. The molecule has 0 fully saturated rings. The van der Waals surface area contributed by atoms with Gasteiger partial charge in [0.1, 0.15) is 12.4 Å². The minimum absolute atomic E-state index is 0.0714. The van der Waals surface area contributed by atoms with Crippen molar-refractivity contribution in [3.8, 4) is 5.69 Å². The molecule has 1 heterocycles. The number of aromatic nitrogens is 2. The van der Waals surface area contributed by atoms with Crippen LogP contribution in [0.25, 0.3) is 5.69 Å². The number of hydrogen-bond acceptors (Lipinski definition) is 3. The van der Waals surface area contributed by atoms with Crippen molar-refractivity contribution in [1.82, 2.24) is 14.7 Å². The minimum Gasteiger partial charge on any atom is -0.315 e. The Hall–Kier alpha value is -3.61. The van der Waals surface area contributed by atoms with Gasteiger partial charge in [0.2, 0.25) is 5.91 Å². The molecule has 0 unspecified atom stereocenters. The lowest BCUT2D eigenvalue weighted by Gasteiger charge is -2.21. The molecule has 0 bridgehead atoms. The number of carbonyl (C=O) groups is 2. The lowest BCUT2D eigenvalue weighted by molar-refractivity contribution is -0.116. The number of likely N-dealkylation sites (N-methyl/N-ethyl adjacent to an activating group) is 1. The predicted octanol–water partition coefficient (Wildman–Crippen LogP) is 5.28. The molecule has 0 saturated heterocycles. The van der Waals surface area contributed by atoms with Gasteiger partial charge in [-0.1, -0.05) is 50.6 Å². The van der Waals surface area contributed by atoms with Crippen LogP contribution in [0.2, 0.25) is 0 Å². The van der Waals surface area contributed by atoms with Crippen LogP contribution >= 0.6 is 0 Å². The quantitative estimate of drug-likeness (QED) is 0.540. The normalized spacial score (nSPS) is 11.2. The molecule has 174 valence electrons. The van der Waals surface area contributed by atoms with Gasteiger partial charge in [0.25, 0.3) is 0 Å². The Morgan fingerprint density at radius 3 is 2.27 bits per heavy atom. The van der Waals surface area contributed by atoms with Crippen molar-refractivity contribution < 1.29 is 9.59 Å². The maximum Gasteiger partial charge on any atom is 0.322 e. The third-order valence-corrected chi connectivity index (χ3v) is 5.30. The van der Waals surface area contributed by atoms with Crippen LogP contribution in [0, 0.1) is 13.8 Å². The predicted molar refractivity (Wildman–Crippen MR) is 133 cm³/mol. The van der Waals surface area contributed by atoms with Crippen LogP contribution in [0.15, 0.2) is 54.6 Å². The molecule has 7 heteroatoms. The Morgan fingerprint density at radius 2 is 1.67 bits per heavy atom. The number of amides is 3. The molecule has 33 heavy (non-hydrogen) atoms. The van der Waals surface area contributed by atoms with Gasteiger partial charge in [-0.05, 0) is 50.6 Å². The minimum atomic E-state index is -0.319. The topological polar surface area (TPSA) is 79.3 Å². The Balaban J connectivity index is 1.77. The van der Waals surface area contributed by atoms with Gasteiger partial charge < -0.3 is 15.5 Å². The van der Waals surface area contributed by atoms with Crippen molar-refractivity contribution in [3.63, 3.8) is 0 Å². The zero-order chi connectivity index (χ0) is 24.2.